The quantitative estimate of drug-likeness (QED) is 0.347. The van der Waals surface area contributed by atoms with Gasteiger partial charge in [0, 0.05) is 50.7 Å². The number of aromatic nitrogens is 7. The van der Waals surface area contributed by atoms with Crippen molar-refractivity contribution in [2.75, 3.05) is 18.4 Å². The second kappa shape index (κ2) is 9.75. The molecule has 0 aliphatic carbocycles. The number of nitrogens with one attached hydrogen (secondary N) is 1. The molecule has 0 saturated carbocycles. The van der Waals surface area contributed by atoms with Crippen molar-refractivity contribution >= 4 is 27.4 Å². The normalized spacial score (nSPS) is 15.1. The number of carbonyl (C=O) groups excluding carboxylic acids is 1. The summed E-state index contributed by atoms with van der Waals surface area (Å²) in [6.45, 7) is 2.72. The maximum Gasteiger partial charge on any atom is 0.262 e. The Morgan fingerprint density at radius 2 is 1.87 bits per heavy atom. The number of nitrogens with zero attached hydrogens (tertiary/aromatic N) is 8. The lowest BCUT2D eigenvalue weighted by Crippen LogP contribution is -2.38. The zero-order chi connectivity index (χ0) is 27.1. The van der Waals surface area contributed by atoms with Gasteiger partial charge in [-0.15, -0.1) is 0 Å². The largest absolute Gasteiger partial charge is 0.339 e. The van der Waals surface area contributed by atoms with Gasteiger partial charge in [0.05, 0.1) is 23.9 Å². The Morgan fingerprint density at radius 1 is 1.10 bits per heavy atom. The molecule has 5 heterocycles. The molecule has 0 unspecified atom stereocenters. The van der Waals surface area contributed by atoms with E-state index >= 15 is 0 Å². The van der Waals surface area contributed by atoms with E-state index in [1.54, 1.807) is 39.3 Å². The van der Waals surface area contributed by atoms with Crippen LogP contribution in [0.25, 0.3) is 11.3 Å². The fraction of sp³-hybridized carbons (Fsp3) is 0.269. The Labute approximate surface area is 225 Å². The fourth-order valence-electron chi connectivity index (χ4n) is 4.79. The zero-order valence-electron chi connectivity index (χ0n) is 21.5. The molecule has 1 aliphatic rings. The standard InChI is InChI=1S/C26H27N9O3S/c1-18-4-6-20(7-5-18)35-23(30-26(36)21-15-29-34-11-3-10-27-25(21)34)14-22(31-35)19-8-12-33(13-9-19)39(37,38)24-16-32(2)17-28-24/h3-7,10-11,14-17,19H,8-9,12-13H2,1-2H3,(H,30,36). The number of hydrogen-bond donors (Lipinski definition) is 1. The van der Waals surface area contributed by atoms with Gasteiger partial charge in [-0.05, 0) is 38.0 Å². The molecule has 1 saturated heterocycles. The van der Waals surface area contributed by atoms with Crippen molar-refractivity contribution in [1.29, 1.82) is 0 Å². The first-order valence-corrected chi connectivity index (χ1v) is 14.0. The molecule has 4 aromatic heterocycles. The van der Waals surface area contributed by atoms with Crippen LogP contribution in [0.2, 0.25) is 0 Å². The maximum atomic E-state index is 13.3. The van der Waals surface area contributed by atoms with Crippen LogP contribution >= 0.6 is 0 Å². The highest BCUT2D eigenvalue weighted by molar-refractivity contribution is 7.89. The zero-order valence-corrected chi connectivity index (χ0v) is 22.3. The van der Waals surface area contributed by atoms with Crippen molar-refractivity contribution in [2.45, 2.75) is 30.7 Å². The Hall–Kier alpha value is -4.36. The van der Waals surface area contributed by atoms with Gasteiger partial charge in [0.2, 0.25) is 0 Å². The lowest BCUT2D eigenvalue weighted by Gasteiger charge is -2.29. The Kier molecular flexibility index (Phi) is 6.23. The Morgan fingerprint density at radius 3 is 2.59 bits per heavy atom. The Bertz CT molecular complexity index is 1760. The third-order valence-electron chi connectivity index (χ3n) is 6.93. The van der Waals surface area contributed by atoms with Gasteiger partial charge in [0.15, 0.2) is 10.7 Å². The van der Waals surface area contributed by atoms with Crippen molar-refractivity contribution in [3.05, 3.63) is 84.3 Å². The molecule has 0 spiro atoms. The second-order valence-corrected chi connectivity index (χ2v) is 11.5. The van der Waals surface area contributed by atoms with Gasteiger partial charge < -0.3 is 9.88 Å². The lowest BCUT2D eigenvalue weighted by atomic mass is 9.95. The molecule has 0 bridgehead atoms. The number of imidazole rings is 1. The van der Waals surface area contributed by atoms with E-state index in [0.717, 1.165) is 16.9 Å². The highest BCUT2D eigenvalue weighted by atomic mass is 32.2. The summed E-state index contributed by atoms with van der Waals surface area (Å²) < 4.78 is 32.4. The van der Waals surface area contributed by atoms with E-state index in [4.69, 9.17) is 5.10 Å². The van der Waals surface area contributed by atoms with Crippen molar-refractivity contribution in [2.24, 2.45) is 7.05 Å². The smallest absolute Gasteiger partial charge is 0.262 e. The number of benzene rings is 1. The first-order valence-electron chi connectivity index (χ1n) is 12.5. The van der Waals surface area contributed by atoms with Crippen LogP contribution in [0.3, 0.4) is 0 Å². The van der Waals surface area contributed by atoms with Crippen LogP contribution in [0.15, 0.2) is 72.5 Å². The molecule has 5 aromatic rings. The van der Waals surface area contributed by atoms with Gasteiger partial charge in [-0.3, -0.25) is 4.79 Å². The number of carbonyl (C=O) groups is 1. The molecule has 1 amide bonds. The third-order valence-corrected chi connectivity index (χ3v) is 8.71. The molecule has 12 nitrogen and oxygen atoms in total. The van der Waals surface area contributed by atoms with Gasteiger partial charge in [-0.25, -0.2) is 27.6 Å². The van der Waals surface area contributed by atoms with Gasteiger partial charge in [-0.2, -0.15) is 14.5 Å². The molecule has 1 aromatic carbocycles. The minimum absolute atomic E-state index is 0.0289. The second-order valence-electron chi connectivity index (χ2n) is 9.66. The average molecular weight is 546 g/mol. The summed E-state index contributed by atoms with van der Waals surface area (Å²) in [5.41, 5.74) is 3.50. The molecule has 13 heteroatoms. The molecule has 1 N–H and O–H groups in total. The van der Waals surface area contributed by atoms with Crippen LogP contribution in [0, 0.1) is 6.92 Å². The van der Waals surface area contributed by atoms with Gasteiger partial charge >= 0.3 is 0 Å². The van der Waals surface area contributed by atoms with Crippen molar-refractivity contribution in [3.63, 3.8) is 0 Å². The summed E-state index contributed by atoms with van der Waals surface area (Å²) in [4.78, 5) is 21.6. The van der Waals surface area contributed by atoms with E-state index in [1.165, 1.54) is 23.0 Å². The van der Waals surface area contributed by atoms with E-state index in [9.17, 15) is 13.2 Å². The first kappa shape index (κ1) is 24.9. The van der Waals surface area contributed by atoms with Crippen molar-refractivity contribution in [1.82, 2.24) is 38.2 Å². The predicted octanol–water partition coefficient (Wildman–Crippen LogP) is 2.78. The average Bonchev–Trinajstić information content (AvgIpc) is 3.68. The fourth-order valence-corrected chi connectivity index (χ4v) is 6.22. The molecule has 0 radical (unpaired) electrons. The monoisotopic (exact) mass is 545 g/mol. The minimum Gasteiger partial charge on any atom is -0.339 e. The molecular formula is C26H27N9O3S. The molecule has 1 fully saturated rings. The van der Waals surface area contributed by atoms with Gasteiger partial charge in [-0.1, -0.05) is 17.7 Å². The predicted molar refractivity (Wildman–Crippen MR) is 143 cm³/mol. The molecule has 6 rings (SSSR count). The van der Waals surface area contributed by atoms with Gasteiger partial charge in [0.25, 0.3) is 15.9 Å². The van der Waals surface area contributed by atoms with Crippen molar-refractivity contribution in [3.8, 4) is 5.69 Å². The topological polar surface area (TPSA) is 132 Å². The highest BCUT2D eigenvalue weighted by Gasteiger charge is 2.32. The van der Waals surface area contributed by atoms with Crippen LogP contribution in [-0.4, -0.2) is 65.6 Å². The summed E-state index contributed by atoms with van der Waals surface area (Å²) in [5, 5.41) is 12.1. The van der Waals surface area contributed by atoms with E-state index in [1.807, 2.05) is 37.3 Å². The lowest BCUT2D eigenvalue weighted by molar-refractivity contribution is 0.102. The number of anilines is 1. The highest BCUT2D eigenvalue weighted by Crippen LogP contribution is 2.32. The third kappa shape index (κ3) is 4.70. The van der Waals surface area contributed by atoms with E-state index in [0.29, 0.717) is 43.0 Å². The SMILES string of the molecule is Cc1ccc(-n2nc(C3CCN(S(=O)(=O)c4cn(C)cn4)CC3)cc2NC(=O)c2cnn3cccnc23)cc1. The number of aryl methyl sites for hydroxylation is 2. The number of hydrogen-bond acceptors (Lipinski definition) is 7. The summed E-state index contributed by atoms with van der Waals surface area (Å²) in [6.07, 6.45) is 9.03. The summed E-state index contributed by atoms with van der Waals surface area (Å²) in [5.74, 6) is 0.193. The summed E-state index contributed by atoms with van der Waals surface area (Å²) >= 11 is 0. The van der Waals surface area contributed by atoms with Crippen LogP contribution < -0.4 is 5.32 Å². The number of sulfonamides is 1. The molecule has 0 atom stereocenters. The van der Waals surface area contributed by atoms with E-state index in [2.05, 4.69) is 20.4 Å². The van der Waals surface area contributed by atoms with E-state index in [-0.39, 0.29) is 16.9 Å². The van der Waals surface area contributed by atoms with Gasteiger partial charge in [0.1, 0.15) is 11.4 Å². The number of rotatable bonds is 6. The number of amides is 1. The number of piperidine rings is 1. The van der Waals surface area contributed by atoms with Crippen molar-refractivity contribution < 1.29 is 13.2 Å². The van der Waals surface area contributed by atoms with Crippen LogP contribution in [0.1, 0.15) is 40.4 Å². The van der Waals surface area contributed by atoms with Crippen LogP contribution in [0.4, 0.5) is 5.82 Å². The number of fused-ring (bicyclic) bond motifs is 1. The maximum absolute atomic E-state index is 13.3. The van der Waals surface area contributed by atoms with Crippen LogP contribution in [0.5, 0.6) is 0 Å². The first-order chi connectivity index (χ1) is 18.8. The summed E-state index contributed by atoms with van der Waals surface area (Å²) in [6, 6.07) is 11.5. The van der Waals surface area contributed by atoms with E-state index < -0.39 is 10.0 Å². The van der Waals surface area contributed by atoms with Crippen LogP contribution in [-0.2, 0) is 17.1 Å². The molecule has 1 aliphatic heterocycles. The minimum atomic E-state index is -3.65. The summed E-state index contributed by atoms with van der Waals surface area (Å²) in [7, 11) is -1.91. The molecular weight excluding hydrogens is 518 g/mol. The molecule has 200 valence electrons. The Balaban J connectivity index is 1.27. The molecule has 39 heavy (non-hydrogen) atoms.